The van der Waals surface area contributed by atoms with Crippen LogP contribution in [0.3, 0.4) is 0 Å². The molecule has 0 saturated carbocycles. The van der Waals surface area contributed by atoms with E-state index >= 15 is 0 Å². The third kappa shape index (κ3) is 1.67. The lowest BCUT2D eigenvalue weighted by Crippen LogP contribution is -1.91. The van der Waals surface area contributed by atoms with Gasteiger partial charge in [-0.15, -0.1) is 10.2 Å². The molecule has 0 aliphatic heterocycles. The first kappa shape index (κ1) is 11.2. The van der Waals surface area contributed by atoms with Crippen molar-refractivity contribution in [1.82, 2.24) is 39.6 Å². The van der Waals surface area contributed by atoms with Crippen LogP contribution >= 0.6 is 11.3 Å². The second-order valence-corrected chi connectivity index (χ2v) is 5.07. The summed E-state index contributed by atoms with van der Waals surface area (Å²) in [5.74, 6) is 0.666. The minimum absolute atomic E-state index is 0.666. The molecule has 20 heavy (non-hydrogen) atoms. The van der Waals surface area contributed by atoms with Gasteiger partial charge in [-0.1, -0.05) is 11.3 Å². The third-order valence-electron chi connectivity index (χ3n) is 2.74. The lowest BCUT2D eigenvalue weighted by atomic mass is 10.3. The minimum Gasteiger partial charge on any atom is -0.275 e. The Morgan fingerprint density at radius 2 is 2.10 bits per heavy atom. The molecular formula is C11H8N8S. The Labute approximate surface area is 116 Å². The van der Waals surface area contributed by atoms with Gasteiger partial charge in [-0.3, -0.25) is 14.6 Å². The zero-order valence-corrected chi connectivity index (χ0v) is 11.2. The lowest BCUT2D eigenvalue weighted by molar-refractivity contribution is 0.768. The van der Waals surface area contributed by atoms with E-state index in [4.69, 9.17) is 0 Å². The predicted molar refractivity (Wildman–Crippen MR) is 71.9 cm³/mol. The smallest absolute Gasteiger partial charge is 0.235 e. The largest absolute Gasteiger partial charge is 0.275 e. The summed E-state index contributed by atoms with van der Waals surface area (Å²) in [5.41, 5.74) is 1.59. The molecule has 8 nitrogen and oxygen atoms in total. The van der Waals surface area contributed by atoms with Crippen molar-refractivity contribution in [3.63, 3.8) is 0 Å². The lowest BCUT2D eigenvalue weighted by Gasteiger charge is -1.92. The van der Waals surface area contributed by atoms with Gasteiger partial charge in [0.15, 0.2) is 10.8 Å². The van der Waals surface area contributed by atoms with Gasteiger partial charge in [-0.05, 0) is 0 Å². The number of aromatic nitrogens is 8. The van der Waals surface area contributed by atoms with Crippen LogP contribution in [0.1, 0.15) is 0 Å². The van der Waals surface area contributed by atoms with Crippen LogP contribution in [-0.4, -0.2) is 39.6 Å². The van der Waals surface area contributed by atoms with Crippen LogP contribution in [0, 0.1) is 0 Å². The zero-order valence-electron chi connectivity index (χ0n) is 10.4. The molecule has 0 fully saturated rings. The van der Waals surface area contributed by atoms with Gasteiger partial charge in [0.05, 0.1) is 18.0 Å². The van der Waals surface area contributed by atoms with Crippen LogP contribution in [0.5, 0.6) is 0 Å². The maximum absolute atomic E-state index is 4.50. The highest BCUT2D eigenvalue weighted by Gasteiger charge is 2.15. The Bertz CT molecular complexity index is 874. The molecule has 0 amide bonds. The molecule has 4 heterocycles. The molecule has 0 spiro atoms. The van der Waals surface area contributed by atoms with Crippen molar-refractivity contribution in [2.45, 2.75) is 0 Å². The topological polar surface area (TPSA) is 86.7 Å². The summed E-state index contributed by atoms with van der Waals surface area (Å²) in [4.78, 5) is 9.00. The Morgan fingerprint density at radius 3 is 2.85 bits per heavy atom. The van der Waals surface area contributed by atoms with E-state index in [2.05, 4.69) is 30.4 Å². The number of nitrogens with zero attached hydrogens (tertiary/aromatic N) is 8. The first-order valence-electron chi connectivity index (χ1n) is 5.79. The van der Waals surface area contributed by atoms with Crippen molar-refractivity contribution < 1.29 is 0 Å². The van der Waals surface area contributed by atoms with E-state index in [1.165, 1.54) is 11.3 Å². The molecule has 0 aliphatic carbocycles. The maximum Gasteiger partial charge on any atom is 0.235 e. The van der Waals surface area contributed by atoms with E-state index < -0.39 is 0 Å². The van der Waals surface area contributed by atoms with Gasteiger partial charge in [0.2, 0.25) is 4.96 Å². The summed E-state index contributed by atoms with van der Waals surface area (Å²) in [7, 11) is 1.85. The standard InChI is InChI=1S/C11H8N8S/c1-18-6-7(4-14-18)9-15-16-11-19(9)17-10(20-11)8-5-12-2-3-13-8/h2-6H,1H3. The van der Waals surface area contributed by atoms with E-state index in [1.54, 1.807) is 34.0 Å². The van der Waals surface area contributed by atoms with Gasteiger partial charge in [0, 0.05) is 25.6 Å². The van der Waals surface area contributed by atoms with Gasteiger partial charge in [-0.2, -0.15) is 14.7 Å². The van der Waals surface area contributed by atoms with E-state index in [0.717, 1.165) is 16.3 Å². The average Bonchev–Trinajstić information content (AvgIpc) is 3.14. The van der Waals surface area contributed by atoms with Crippen molar-refractivity contribution in [3.05, 3.63) is 31.0 Å². The molecule has 0 N–H and O–H groups in total. The number of hydrogen-bond donors (Lipinski definition) is 0. The van der Waals surface area contributed by atoms with Crippen LogP contribution in [0.4, 0.5) is 0 Å². The predicted octanol–water partition coefficient (Wildman–Crippen LogP) is 1.04. The molecule has 9 heteroatoms. The SMILES string of the molecule is Cn1cc(-c2nnc3sc(-c4cnccn4)nn23)cn1. The highest BCUT2D eigenvalue weighted by atomic mass is 32.1. The highest BCUT2D eigenvalue weighted by Crippen LogP contribution is 2.25. The molecule has 0 radical (unpaired) electrons. The molecule has 0 aliphatic rings. The van der Waals surface area contributed by atoms with Crippen LogP contribution in [0.15, 0.2) is 31.0 Å². The van der Waals surface area contributed by atoms with Crippen LogP contribution in [0.2, 0.25) is 0 Å². The molecule has 0 unspecified atom stereocenters. The normalized spacial score (nSPS) is 11.2. The van der Waals surface area contributed by atoms with Gasteiger partial charge in [0.25, 0.3) is 0 Å². The first-order chi connectivity index (χ1) is 9.81. The fraction of sp³-hybridized carbons (Fsp3) is 0.0909. The Hall–Kier alpha value is -2.68. The number of fused-ring (bicyclic) bond motifs is 1. The quantitative estimate of drug-likeness (QED) is 0.546. The van der Waals surface area contributed by atoms with Crippen molar-refractivity contribution >= 4 is 16.3 Å². The Balaban J connectivity index is 1.87. The zero-order chi connectivity index (χ0) is 13.5. The fourth-order valence-electron chi connectivity index (χ4n) is 1.85. The molecule has 4 rings (SSSR count). The monoisotopic (exact) mass is 284 g/mol. The summed E-state index contributed by atoms with van der Waals surface area (Å²) < 4.78 is 3.41. The molecule has 0 saturated heterocycles. The van der Waals surface area contributed by atoms with Gasteiger partial charge in [-0.25, -0.2) is 0 Å². The molecule has 0 atom stereocenters. The van der Waals surface area contributed by atoms with Crippen molar-refractivity contribution in [3.8, 4) is 22.1 Å². The summed E-state index contributed by atoms with van der Waals surface area (Å²) in [6.45, 7) is 0. The minimum atomic E-state index is 0.666. The Kier molecular flexibility index (Phi) is 2.33. The van der Waals surface area contributed by atoms with Crippen molar-refractivity contribution in [2.75, 3.05) is 0 Å². The first-order valence-corrected chi connectivity index (χ1v) is 6.60. The van der Waals surface area contributed by atoms with E-state index in [9.17, 15) is 0 Å². The van der Waals surface area contributed by atoms with Crippen LogP contribution in [0.25, 0.3) is 27.1 Å². The van der Waals surface area contributed by atoms with E-state index in [1.807, 2.05) is 13.2 Å². The summed E-state index contributed by atoms with van der Waals surface area (Å²) in [5, 5.41) is 17.7. The molecule has 0 bridgehead atoms. The molecule has 0 aromatic carbocycles. The molecule has 98 valence electrons. The number of hydrogen-bond acceptors (Lipinski definition) is 7. The fourth-order valence-corrected chi connectivity index (χ4v) is 2.65. The molecule has 4 aromatic rings. The number of aryl methyl sites for hydroxylation is 1. The summed E-state index contributed by atoms with van der Waals surface area (Å²) >= 11 is 1.42. The summed E-state index contributed by atoms with van der Waals surface area (Å²) in [6, 6.07) is 0. The van der Waals surface area contributed by atoms with Gasteiger partial charge < -0.3 is 0 Å². The number of rotatable bonds is 2. The van der Waals surface area contributed by atoms with Crippen LogP contribution < -0.4 is 0 Å². The van der Waals surface area contributed by atoms with Gasteiger partial charge >= 0.3 is 0 Å². The van der Waals surface area contributed by atoms with Crippen molar-refractivity contribution in [1.29, 1.82) is 0 Å². The van der Waals surface area contributed by atoms with Crippen LogP contribution in [-0.2, 0) is 7.05 Å². The highest BCUT2D eigenvalue weighted by molar-refractivity contribution is 7.19. The van der Waals surface area contributed by atoms with E-state index in [-0.39, 0.29) is 0 Å². The molecule has 4 aromatic heterocycles. The van der Waals surface area contributed by atoms with Crippen molar-refractivity contribution in [2.24, 2.45) is 7.05 Å². The second kappa shape index (κ2) is 4.17. The maximum atomic E-state index is 4.50. The second-order valence-electron chi connectivity index (χ2n) is 4.12. The Morgan fingerprint density at radius 1 is 1.15 bits per heavy atom. The molecular weight excluding hydrogens is 276 g/mol. The third-order valence-corrected chi connectivity index (χ3v) is 3.66. The average molecular weight is 284 g/mol. The van der Waals surface area contributed by atoms with Gasteiger partial charge in [0.1, 0.15) is 5.69 Å². The summed E-state index contributed by atoms with van der Waals surface area (Å²) in [6.07, 6.45) is 8.55. The van der Waals surface area contributed by atoms with E-state index in [0.29, 0.717) is 10.8 Å².